The lowest BCUT2D eigenvalue weighted by atomic mass is 10.1. The normalized spacial score (nSPS) is 25.2. The van der Waals surface area contributed by atoms with Gasteiger partial charge in [0.2, 0.25) is 5.89 Å². The molecule has 1 aliphatic carbocycles. The van der Waals surface area contributed by atoms with E-state index in [-0.39, 0.29) is 6.10 Å². The molecule has 2 atom stereocenters. The van der Waals surface area contributed by atoms with E-state index in [4.69, 9.17) is 4.42 Å². The van der Waals surface area contributed by atoms with E-state index >= 15 is 0 Å². The summed E-state index contributed by atoms with van der Waals surface area (Å²) in [5.41, 5.74) is 0.966. The van der Waals surface area contributed by atoms with Crippen LogP contribution in [0, 0.1) is 19.8 Å². The van der Waals surface area contributed by atoms with Crippen molar-refractivity contribution in [2.24, 2.45) is 5.92 Å². The van der Waals surface area contributed by atoms with E-state index in [2.05, 4.69) is 10.3 Å². The molecule has 4 nitrogen and oxygen atoms in total. The van der Waals surface area contributed by atoms with Crippen LogP contribution in [0.2, 0.25) is 0 Å². The van der Waals surface area contributed by atoms with Gasteiger partial charge in [0.15, 0.2) is 0 Å². The van der Waals surface area contributed by atoms with E-state index in [1.807, 2.05) is 13.8 Å². The highest BCUT2D eigenvalue weighted by molar-refractivity contribution is 5.05. The van der Waals surface area contributed by atoms with Crippen LogP contribution in [0.4, 0.5) is 0 Å². The molecule has 4 heteroatoms. The Morgan fingerprint density at radius 3 is 2.81 bits per heavy atom. The van der Waals surface area contributed by atoms with Gasteiger partial charge in [0.1, 0.15) is 5.76 Å². The summed E-state index contributed by atoms with van der Waals surface area (Å²) in [7, 11) is 0. The molecule has 1 aromatic rings. The Morgan fingerprint density at radius 1 is 1.44 bits per heavy atom. The van der Waals surface area contributed by atoms with Crippen LogP contribution >= 0.6 is 0 Å². The van der Waals surface area contributed by atoms with Crippen LogP contribution in [0.5, 0.6) is 0 Å². The van der Waals surface area contributed by atoms with E-state index in [0.29, 0.717) is 12.5 Å². The largest absolute Gasteiger partial charge is 0.444 e. The summed E-state index contributed by atoms with van der Waals surface area (Å²) in [6.45, 7) is 5.51. The molecule has 2 unspecified atom stereocenters. The Bertz CT molecular complexity index is 329. The maximum absolute atomic E-state index is 9.40. The highest BCUT2D eigenvalue weighted by Crippen LogP contribution is 2.24. The van der Waals surface area contributed by atoms with Crippen molar-refractivity contribution in [3.63, 3.8) is 0 Å². The number of aryl methyl sites for hydroxylation is 2. The first kappa shape index (κ1) is 11.6. The van der Waals surface area contributed by atoms with Gasteiger partial charge in [0, 0.05) is 0 Å². The quantitative estimate of drug-likeness (QED) is 0.814. The van der Waals surface area contributed by atoms with Crippen LogP contribution in [0.15, 0.2) is 4.42 Å². The summed E-state index contributed by atoms with van der Waals surface area (Å²) in [4.78, 5) is 4.31. The number of aliphatic hydroxyl groups excluding tert-OH is 1. The van der Waals surface area contributed by atoms with Crippen molar-refractivity contribution in [2.75, 3.05) is 6.54 Å². The molecule has 0 saturated heterocycles. The van der Waals surface area contributed by atoms with Crippen molar-refractivity contribution in [3.05, 3.63) is 17.3 Å². The zero-order valence-corrected chi connectivity index (χ0v) is 9.99. The number of aromatic nitrogens is 1. The zero-order chi connectivity index (χ0) is 11.5. The lowest BCUT2D eigenvalue weighted by Crippen LogP contribution is -2.21. The number of rotatable bonds is 4. The molecule has 1 aliphatic rings. The van der Waals surface area contributed by atoms with Crippen LogP contribution in [-0.2, 0) is 6.54 Å². The molecule has 0 radical (unpaired) electrons. The molecular formula is C12H20N2O2. The first-order valence-corrected chi connectivity index (χ1v) is 5.97. The molecule has 1 fully saturated rings. The fraction of sp³-hybridized carbons (Fsp3) is 0.750. The van der Waals surface area contributed by atoms with Crippen LogP contribution in [0.3, 0.4) is 0 Å². The molecule has 1 aromatic heterocycles. The minimum Gasteiger partial charge on any atom is -0.444 e. The fourth-order valence-electron chi connectivity index (χ4n) is 2.23. The monoisotopic (exact) mass is 224 g/mol. The Balaban J connectivity index is 1.72. The molecule has 0 aliphatic heterocycles. The van der Waals surface area contributed by atoms with Crippen LogP contribution in [0.25, 0.3) is 0 Å². The molecule has 16 heavy (non-hydrogen) atoms. The van der Waals surface area contributed by atoms with Crippen LogP contribution < -0.4 is 5.32 Å². The Kier molecular flexibility index (Phi) is 3.61. The molecule has 0 amide bonds. The Morgan fingerprint density at radius 2 is 2.25 bits per heavy atom. The summed E-state index contributed by atoms with van der Waals surface area (Å²) in [5, 5.41) is 12.7. The molecule has 2 rings (SSSR count). The predicted octanol–water partition coefficient (Wildman–Crippen LogP) is 1.54. The van der Waals surface area contributed by atoms with Gasteiger partial charge in [0.25, 0.3) is 0 Å². The summed E-state index contributed by atoms with van der Waals surface area (Å²) < 4.78 is 5.48. The SMILES string of the molecule is Cc1nc(CNCC2CCC(O)C2)oc1C. The van der Waals surface area contributed by atoms with Gasteiger partial charge < -0.3 is 14.8 Å². The predicted molar refractivity (Wildman–Crippen MR) is 61.0 cm³/mol. The molecular weight excluding hydrogens is 204 g/mol. The van der Waals surface area contributed by atoms with Gasteiger partial charge in [-0.25, -0.2) is 4.98 Å². The number of hydrogen-bond donors (Lipinski definition) is 2. The summed E-state index contributed by atoms with van der Waals surface area (Å²) in [6.07, 6.45) is 2.91. The van der Waals surface area contributed by atoms with Crippen molar-refractivity contribution >= 4 is 0 Å². The third-order valence-electron chi connectivity index (χ3n) is 3.30. The minimum absolute atomic E-state index is 0.0852. The van der Waals surface area contributed by atoms with Gasteiger partial charge >= 0.3 is 0 Å². The van der Waals surface area contributed by atoms with Crippen molar-refractivity contribution in [1.29, 1.82) is 0 Å². The first-order valence-electron chi connectivity index (χ1n) is 5.97. The summed E-state index contributed by atoms with van der Waals surface area (Å²) >= 11 is 0. The molecule has 90 valence electrons. The van der Waals surface area contributed by atoms with Gasteiger partial charge in [-0.2, -0.15) is 0 Å². The zero-order valence-electron chi connectivity index (χ0n) is 9.99. The van der Waals surface area contributed by atoms with E-state index < -0.39 is 0 Å². The average molecular weight is 224 g/mol. The number of oxazole rings is 1. The summed E-state index contributed by atoms with van der Waals surface area (Å²) in [6, 6.07) is 0. The highest BCUT2D eigenvalue weighted by atomic mass is 16.4. The second-order valence-corrected chi connectivity index (χ2v) is 4.71. The first-order chi connectivity index (χ1) is 7.65. The fourth-order valence-corrected chi connectivity index (χ4v) is 2.23. The van der Waals surface area contributed by atoms with Crippen molar-refractivity contribution in [2.45, 2.75) is 45.8 Å². The van der Waals surface area contributed by atoms with Gasteiger partial charge in [0.05, 0.1) is 18.3 Å². The van der Waals surface area contributed by atoms with Gasteiger partial charge in [-0.3, -0.25) is 0 Å². The van der Waals surface area contributed by atoms with Crippen molar-refractivity contribution in [1.82, 2.24) is 10.3 Å². The maximum Gasteiger partial charge on any atom is 0.208 e. The van der Waals surface area contributed by atoms with Crippen molar-refractivity contribution in [3.8, 4) is 0 Å². The lowest BCUT2D eigenvalue weighted by molar-refractivity contribution is 0.177. The molecule has 2 N–H and O–H groups in total. The highest BCUT2D eigenvalue weighted by Gasteiger charge is 2.22. The molecule has 0 bridgehead atoms. The van der Waals surface area contributed by atoms with E-state index in [1.165, 1.54) is 0 Å². The van der Waals surface area contributed by atoms with Crippen LogP contribution in [0.1, 0.15) is 36.6 Å². The Hall–Kier alpha value is -0.870. The second kappa shape index (κ2) is 4.97. The maximum atomic E-state index is 9.40. The molecule has 1 heterocycles. The smallest absolute Gasteiger partial charge is 0.208 e. The average Bonchev–Trinajstić information content (AvgIpc) is 2.75. The molecule has 0 aromatic carbocycles. The van der Waals surface area contributed by atoms with E-state index in [1.54, 1.807) is 0 Å². The number of nitrogens with zero attached hydrogens (tertiary/aromatic N) is 1. The Labute approximate surface area is 96.1 Å². The minimum atomic E-state index is -0.0852. The third kappa shape index (κ3) is 2.83. The molecule has 0 spiro atoms. The standard InChI is InChI=1S/C12H20N2O2/c1-8-9(2)16-12(14-8)7-13-6-10-3-4-11(15)5-10/h10-11,13,15H,3-7H2,1-2H3. The van der Waals surface area contributed by atoms with Gasteiger partial charge in [-0.05, 0) is 45.6 Å². The van der Waals surface area contributed by atoms with E-state index in [0.717, 1.165) is 43.2 Å². The van der Waals surface area contributed by atoms with Crippen LogP contribution in [-0.4, -0.2) is 22.7 Å². The molecule has 1 saturated carbocycles. The second-order valence-electron chi connectivity index (χ2n) is 4.71. The summed E-state index contributed by atoms with van der Waals surface area (Å²) in [5.74, 6) is 2.26. The number of nitrogens with one attached hydrogen (secondary N) is 1. The topological polar surface area (TPSA) is 58.3 Å². The third-order valence-corrected chi connectivity index (χ3v) is 3.30. The van der Waals surface area contributed by atoms with E-state index in [9.17, 15) is 5.11 Å². The number of aliphatic hydroxyl groups is 1. The van der Waals surface area contributed by atoms with Gasteiger partial charge in [-0.15, -0.1) is 0 Å². The van der Waals surface area contributed by atoms with Crippen molar-refractivity contribution < 1.29 is 9.52 Å². The lowest BCUT2D eigenvalue weighted by Gasteiger charge is -2.08. The van der Waals surface area contributed by atoms with Gasteiger partial charge in [-0.1, -0.05) is 0 Å². The number of hydrogen-bond acceptors (Lipinski definition) is 4.